The number of ether oxygens (including phenoxy) is 1. The number of hydrogen-bond donors (Lipinski definition) is 1. The second-order valence-electron chi connectivity index (χ2n) is 4.75. The lowest BCUT2D eigenvalue weighted by molar-refractivity contribution is -0.385. The minimum absolute atomic E-state index is 0.0811. The number of halogens is 1. The number of nitro benzene ring substituents is 1. The van der Waals surface area contributed by atoms with E-state index in [1.54, 1.807) is 37.3 Å². The Kier molecular flexibility index (Phi) is 4.45. The summed E-state index contributed by atoms with van der Waals surface area (Å²) in [7, 11) is 0. The van der Waals surface area contributed by atoms with Gasteiger partial charge in [0, 0.05) is 17.1 Å². The first-order valence-corrected chi connectivity index (χ1v) is 6.75. The van der Waals surface area contributed by atoms with E-state index < -0.39 is 4.92 Å². The molecule has 0 saturated carbocycles. The number of aryl methyl sites for hydroxylation is 1. The van der Waals surface area contributed by atoms with Crippen LogP contribution in [0.4, 0.5) is 5.69 Å². The molecule has 0 aliphatic rings. The molecule has 2 N–H and O–H groups in total. The lowest BCUT2D eigenvalue weighted by atomic mass is 10.1. The van der Waals surface area contributed by atoms with E-state index in [0.29, 0.717) is 16.3 Å². The van der Waals surface area contributed by atoms with E-state index in [2.05, 4.69) is 0 Å². The SMILES string of the molecule is Cc1cccc([N+](=O)[O-])c1Oc1ccc(C(C)N)c(Cl)c1. The molecule has 0 radical (unpaired) electrons. The molecule has 1 atom stereocenters. The highest BCUT2D eigenvalue weighted by Crippen LogP contribution is 2.36. The topological polar surface area (TPSA) is 78.4 Å². The fourth-order valence-corrected chi connectivity index (χ4v) is 2.31. The zero-order chi connectivity index (χ0) is 15.6. The second-order valence-corrected chi connectivity index (χ2v) is 5.16. The van der Waals surface area contributed by atoms with Crippen LogP contribution in [0.25, 0.3) is 0 Å². The molecule has 0 saturated heterocycles. The molecule has 0 spiro atoms. The molecule has 0 aliphatic heterocycles. The molecule has 21 heavy (non-hydrogen) atoms. The summed E-state index contributed by atoms with van der Waals surface area (Å²) in [6, 6.07) is 9.63. The van der Waals surface area contributed by atoms with Gasteiger partial charge in [0.2, 0.25) is 5.75 Å². The zero-order valence-electron chi connectivity index (χ0n) is 11.7. The van der Waals surface area contributed by atoms with Gasteiger partial charge in [-0.1, -0.05) is 29.8 Å². The van der Waals surface area contributed by atoms with Crippen LogP contribution in [-0.4, -0.2) is 4.92 Å². The summed E-state index contributed by atoms with van der Waals surface area (Å²) < 4.78 is 5.65. The van der Waals surface area contributed by atoms with Crippen molar-refractivity contribution in [1.82, 2.24) is 0 Å². The maximum atomic E-state index is 11.1. The lowest BCUT2D eigenvalue weighted by Crippen LogP contribution is -2.05. The molecular weight excluding hydrogens is 292 g/mol. The predicted molar refractivity (Wildman–Crippen MR) is 82.0 cm³/mol. The van der Waals surface area contributed by atoms with Crippen molar-refractivity contribution < 1.29 is 9.66 Å². The normalized spacial score (nSPS) is 12.0. The lowest BCUT2D eigenvalue weighted by Gasteiger charge is -2.12. The Morgan fingerprint density at radius 1 is 1.33 bits per heavy atom. The Hall–Kier alpha value is -2.11. The first-order chi connectivity index (χ1) is 9.90. The monoisotopic (exact) mass is 306 g/mol. The van der Waals surface area contributed by atoms with E-state index in [1.807, 2.05) is 6.92 Å². The molecule has 0 amide bonds. The van der Waals surface area contributed by atoms with Gasteiger partial charge >= 0.3 is 5.69 Å². The van der Waals surface area contributed by atoms with E-state index >= 15 is 0 Å². The summed E-state index contributed by atoms with van der Waals surface area (Å²) in [6.07, 6.45) is 0. The highest BCUT2D eigenvalue weighted by atomic mass is 35.5. The first-order valence-electron chi connectivity index (χ1n) is 6.37. The van der Waals surface area contributed by atoms with Crippen LogP contribution in [0.1, 0.15) is 24.1 Å². The van der Waals surface area contributed by atoms with Gasteiger partial charge in [0.1, 0.15) is 5.75 Å². The van der Waals surface area contributed by atoms with Gasteiger partial charge in [-0.3, -0.25) is 10.1 Å². The molecular formula is C15H15ClN2O3. The highest BCUT2D eigenvalue weighted by molar-refractivity contribution is 6.31. The van der Waals surface area contributed by atoms with Crippen LogP contribution >= 0.6 is 11.6 Å². The fourth-order valence-electron chi connectivity index (χ4n) is 1.97. The van der Waals surface area contributed by atoms with Crippen molar-refractivity contribution in [2.75, 3.05) is 0 Å². The van der Waals surface area contributed by atoms with Gasteiger partial charge < -0.3 is 10.5 Å². The van der Waals surface area contributed by atoms with Gasteiger partial charge in [0.25, 0.3) is 0 Å². The van der Waals surface area contributed by atoms with E-state index in [0.717, 1.165) is 5.56 Å². The minimum atomic E-state index is -0.472. The van der Waals surface area contributed by atoms with Crippen molar-refractivity contribution in [1.29, 1.82) is 0 Å². The van der Waals surface area contributed by atoms with Gasteiger partial charge in [-0.15, -0.1) is 0 Å². The van der Waals surface area contributed by atoms with Crippen molar-refractivity contribution in [3.63, 3.8) is 0 Å². The Morgan fingerprint density at radius 3 is 2.62 bits per heavy atom. The maximum Gasteiger partial charge on any atom is 0.311 e. The van der Waals surface area contributed by atoms with Crippen LogP contribution in [0.3, 0.4) is 0 Å². The van der Waals surface area contributed by atoms with Gasteiger partial charge in [-0.2, -0.15) is 0 Å². The van der Waals surface area contributed by atoms with Crippen LogP contribution in [0, 0.1) is 17.0 Å². The van der Waals surface area contributed by atoms with Crippen molar-refractivity contribution in [2.24, 2.45) is 5.73 Å². The number of benzene rings is 2. The maximum absolute atomic E-state index is 11.1. The predicted octanol–water partition coefficient (Wildman–Crippen LogP) is 4.37. The second kappa shape index (κ2) is 6.11. The zero-order valence-corrected chi connectivity index (χ0v) is 12.4. The summed E-state index contributed by atoms with van der Waals surface area (Å²) in [4.78, 5) is 10.6. The van der Waals surface area contributed by atoms with E-state index in [9.17, 15) is 10.1 Å². The van der Waals surface area contributed by atoms with Crippen molar-refractivity contribution >= 4 is 17.3 Å². The molecule has 2 rings (SSSR count). The standard InChI is InChI=1S/C15H15ClN2O3/c1-9-4-3-5-14(18(19)20)15(9)21-11-6-7-12(10(2)17)13(16)8-11/h3-8,10H,17H2,1-2H3. The molecule has 6 heteroatoms. The van der Waals surface area contributed by atoms with Gasteiger partial charge in [0.05, 0.1) is 4.92 Å². The molecule has 0 heterocycles. The molecule has 2 aromatic rings. The Bertz CT molecular complexity index is 687. The largest absolute Gasteiger partial charge is 0.450 e. The number of hydrogen-bond acceptors (Lipinski definition) is 4. The number of nitrogens with zero attached hydrogens (tertiary/aromatic N) is 1. The van der Waals surface area contributed by atoms with Gasteiger partial charge in [-0.25, -0.2) is 0 Å². The third-order valence-electron chi connectivity index (χ3n) is 3.07. The number of para-hydroxylation sites is 1. The van der Waals surface area contributed by atoms with Crippen molar-refractivity contribution in [3.8, 4) is 11.5 Å². The van der Waals surface area contributed by atoms with Crippen LogP contribution in [0.15, 0.2) is 36.4 Å². The molecule has 0 aromatic heterocycles. The smallest absolute Gasteiger partial charge is 0.311 e. The molecule has 0 bridgehead atoms. The van der Waals surface area contributed by atoms with Crippen LogP contribution in [-0.2, 0) is 0 Å². The number of rotatable bonds is 4. The number of nitrogens with two attached hydrogens (primary N) is 1. The molecule has 1 unspecified atom stereocenters. The molecule has 2 aromatic carbocycles. The van der Waals surface area contributed by atoms with Crippen molar-refractivity contribution in [2.45, 2.75) is 19.9 Å². The third kappa shape index (κ3) is 3.32. The Labute approximate surface area is 127 Å². The number of nitro groups is 1. The minimum Gasteiger partial charge on any atom is -0.450 e. The average Bonchev–Trinajstić information content (AvgIpc) is 2.40. The first kappa shape index (κ1) is 15.3. The summed E-state index contributed by atoms with van der Waals surface area (Å²) in [5.41, 5.74) is 7.18. The summed E-state index contributed by atoms with van der Waals surface area (Å²) in [6.45, 7) is 3.58. The molecule has 0 fully saturated rings. The van der Waals surface area contributed by atoms with Crippen LogP contribution in [0.5, 0.6) is 11.5 Å². The van der Waals surface area contributed by atoms with E-state index in [4.69, 9.17) is 22.1 Å². The molecule has 5 nitrogen and oxygen atoms in total. The average molecular weight is 307 g/mol. The summed E-state index contributed by atoms with van der Waals surface area (Å²) in [5, 5.41) is 11.5. The molecule has 110 valence electrons. The fraction of sp³-hybridized carbons (Fsp3) is 0.200. The quantitative estimate of drug-likeness (QED) is 0.672. The third-order valence-corrected chi connectivity index (χ3v) is 3.40. The van der Waals surface area contributed by atoms with E-state index in [1.165, 1.54) is 6.07 Å². The molecule has 0 aliphatic carbocycles. The van der Waals surface area contributed by atoms with Crippen LogP contribution < -0.4 is 10.5 Å². The van der Waals surface area contributed by atoms with Gasteiger partial charge in [0.15, 0.2) is 0 Å². The Balaban J connectivity index is 2.39. The van der Waals surface area contributed by atoms with Crippen LogP contribution in [0.2, 0.25) is 5.02 Å². The Morgan fingerprint density at radius 2 is 2.05 bits per heavy atom. The summed E-state index contributed by atoms with van der Waals surface area (Å²) in [5.74, 6) is 0.647. The highest BCUT2D eigenvalue weighted by Gasteiger charge is 2.18. The van der Waals surface area contributed by atoms with E-state index in [-0.39, 0.29) is 17.5 Å². The summed E-state index contributed by atoms with van der Waals surface area (Å²) >= 11 is 6.14. The van der Waals surface area contributed by atoms with Crippen molar-refractivity contribution in [3.05, 3.63) is 62.7 Å². The van der Waals surface area contributed by atoms with Gasteiger partial charge in [-0.05, 0) is 37.1 Å².